The fourth-order valence-corrected chi connectivity index (χ4v) is 1.77. The van der Waals surface area contributed by atoms with Crippen molar-refractivity contribution in [2.24, 2.45) is 0 Å². The summed E-state index contributed by atoms with van der Waals surface area (Å²) in [5, 5.41) is 20.2. The Hall–Kier alpha value is -2.09. The van der Waals surface area contributed by atoms with E-state index in [0.29, 0.717) is 0 Å². The van der Waals surface area contributed by atoms with E-state index in [0.717, 1.165) is 18.4 Å². The van der Waals surface area contributed by atoms with Crippen molar-refractivity contribution in [2.45, 2.75) is 0 Å². The van der Waals surface area contributed by atoms with Crippen LogP contribution in [0.4, 0.5) is 5.69 Å². The van der Waals surface area contributed by atoms with Crippen LogP contribution in [-0.2, 0) is 14.6 Å². The Kier molecular flexibility index (Phi) is 3.92. The summed E-state index contributed by atoms with van der Waals surface area (Å²) in [4.78, 5) is 22.0. The van der Waals surface area contributed by atoms with Crippen LogP contribution < -0.4 is 5.32 Å². The quantitative estimate of drug-likeness (QED) is 0.668. The van der Waals surface area contributed by atoms with Gasteiger partial charge in [-0.3, -0.25) is 4.79 Å². The number of carbonyl (C=O) groups excluding carboxylic acids is 1. The molecule has 0 saturated carbocycles. The average molecular weight is 273 g/mol. The van der Waals surface area contributed by atoms with Gasteiger partial charge in [0.25, 0.3) is 0 Å². The van der Waals surface area contributed by atoms with Crippen LogP contribution in [0.5, 0.6) is 5.75 Å². The summed E-state index contributed by atoms with van der Waals surface area (Å²) in [6.45, 7) is 0. The highest BCUT2D eigenvalue weighted by molar-refractivity contribution is 7.91. The van der Waals surface area contributed by atoms with Crippen molar-refractivity contribution in [1.82, 2.24) is 0 Å². The lowest BCUT2D eigenvalue weighted by Gasteiger charge is -2.06. The van der Waals surface area contributed by atoms with Crippen molar-refractivity contribution in [2.75, 3.05) is 17.3 Å². The van der Waals surface area contributed by atoms with Gasteiger partial charge in [0.2, 0.25) is 5.91 Å². The number of carboxylic acids is 1. The molecule has 0 unspecified atom stereocenters. The monoisotopic (exact) mass is 273 g/mol. The van der Waals surface area contributed by atoms with Crippen LogP contribution in [0.3, 0.4) is 0 Å². The van der Waals surface area contributed by atoms with Gasteiger partial charge < -0.3 is 15.5 Å². The van der Waals surface area contributed by atoms with E-state index in [9.17, 15) is 23.1 Å². The first-order chi connectivity index (χ1) is 8.19. The Labute approximate surface area is 103 Å². The number of nitrogens with one attached hydrogen (secondary N) is 1. The first-order valence-electron chi connectivity index (χ1n) is 4.73. The first-order valence-corrected chi connectivity index (χ1v) is 6.79. The van der Waals surface area contributed by atoms with Crippen LogP contribution in [0.15, 0.2) is 18.2 Å². The second kappa shape index (κ2) is 5.05. The minimum absolute atomic E-state index is 0.0962. The van der Waals surface area contributed by atoms with E-state index in [1.165, 1.54) is 6.07 Å². The summed E-state index contributed by atoms with van der Waals surface area (Å²) in [5.41, 5.74) is -0.286. The maximum Gasteiger partial charge on any atom is 0.339 e. The van der Waals surface area contributed by atoms with E-state index in [1.807, 2.05) is 0 Å². The van der Waals surface area contributed by atoms with Crippen LogP contribution in [0.1, 0.15) is 10.4 Å². The lowest BCUT2D eigenvalue weighted by Crippen LogP contribution is -2.22. The van der Waals surface area contributed by atoms with E-state index in [4.69, 9.17) is 5.11 Å². The van der Waals surface area contributed by atoms with E-state index in [2.05, 4.69) is 5.32 Å². The fourth-order valence-electron chi connectivity index (χ4n) is 1.22. The van der Waals surface area contributed by atoms with Crippen molar-refractivity contribution in [3.05, 3.63) is 23.8 Å². The molecule has 1 rings (SSSR count). The number of carbonyl (C=O) groups is 2. The summed E-state index contributed by atoms with van der Waals surface area (Å²) in [6, 6.07) is 3.40. The summed E-state index contributed by atoms with van der Waals surface area (Å²) in [5.74, 6) is -3.27. The number of anilines is 1. The topological polar surface area (TPSA) is 121 Å². The normalized spacial score (nSPS) is 10.9. The predicted molar refractivity (Wildman–Crippen MR) is 63.4 cm³/mol. The van der Waals surface area contributed by atoms with E-state index >= 15 is 0 Å². The highest BCUT2D eigenvalue weighted by Gasteiger charge is 2.14. The summed E-state index contributed by atoms with van der Waals surface area (Å²) >= 11 is 0. The van der Waals surface area contributed by atoms with Crippen molar-refractivity contribution in [3.8, 4) is 5.75 Å². The molecule has 0 fully saturated rings. The average Bonchev–Trinajstić information content (AvgIpc) is 2.17. The SMILES string of the molecule is CS(=O)(=O)CC(=O)Nc1ccc(O)c(C(=O)O)c1. The zero-order valence-corrected chi connectivity index (χ0v) is 10.2. The van der Waals surface area contributed by atoms with Crippen molar-refractivity contribution in [3.63, 3.8) is 0 Å². The first kappa shape index (κ1) is 14.0. The molecule has 0 radical (unpaired) electrons. The second-order valence-corrected chi connectivity index (χ2v) is 5.80. The largest absolute Gasteiger partial charge is 0.507 e. The molecule has 8 heteroatoms. The zero-order chi connectivity index (χ0) is 13.9. The number of hydrogen-bond donors (Lipinski definition) is 3. The number of aromatic carboxylic acids is 1. The molecule has 7 nitrogen and oxygen atoms in total. The Balaban J connectivity index is 2.89. The molecular formula is C10H11NO6S. The number of carboxylic acid groups (broad SMARTS) is 1. The maximum atomic E-state index is 11.3. The summed E-state index contributed by atoms with van der Waals surface area (Å²) < 4.78 is 21.7. The molecule has 0 aliphatic heterocycles. The van der Waals surface area contributed by atoms with Gasteiger partial charge in [0.15, 0.2) is 9.84 Å². The number of aromatic hydroxyl groups is 1. The second-order valence-electron chi connectivity index (χ2n) is 3.66. The number of phenols is 1. The van der Waals surface area contributed by atoms with E-state index < -0.39 is 33.2 Å². The molecule has 1 amide bonds. The Morgan fingerprint density at radius 3 is 2.44 bits per heavy atom. The molecule has 0 saturated heterocycles. The number of hydrogen-bond acceptors (Lipinski definition) is 5. The Morgan fingerprint density at radius 2 is 1.94 bits per heavy atom. The molecule has 0 heterocycles. The van der Waals surface area contributed by atoms with Gasteiger partial charge >= 0.3 is 5.97 Å². The van der Waals surface area contributed by atoms with Crippen molar-refractivity contribution >= 4 is 27.4 Å². The Morgan fingerprint density at radius 1 is 1.33 bits per heavy atom. The van der Waals surface area contributed by atoms with E-state index in [-0.39, 0.29) is 11.3 Å². The lowest BCUT2D eigenvalue weighted by molar-refractivity contribution is -0.113. The fraction of sp³-hybridized carbons (Fsp3) is 0.200. The van der Waals surface area contributed by atoms with Crippen LogP contribution >= 0.6 is 0 Å². The Bertz CT molecular complexity index is 592. The molecule has 1 aromatic rings. The van der Waals surface area contributed by atoms with Gasteiger partial charge in [-0.15, -0.1) is 0 Å². The third kappa shape index (κ3) is 4.06. The molecule has 0 atom stereocenters. The van der Waals surface area contributed by atoms with Crippen LogP contribution in [0.2, 0.25) is 0 Å². The molecular weight excluding hydrogens is 262 g/mol. The highest BCUT2D eigenvalue weighted by atomic mass is 32.2. The van der Waals surface area contributed by atoms with Gasteiger partial charge in [-0.1, -0.05) is 0 Å². The van der Waals surface area contributed by atoms with Gasteiger partial charge in [0, 0.05) is 11.9 Å². The smallest absolute Gasteiger partial charge is 0.339 e. The van der Waals surface area contributed by atoms with Crippen molar-refractivity contribution < 1.29 is 28.2 Å². The minimum atomic E-state index is -3.46. The van der Waals surface area contributed by atoms with E-state index in [1.54, 1.807) is 0 Å². The molecule has 0 aliphatic carbocycles. The zero-order valence-electron chi connectivity index (χ0n) is 9.37. The van der Waals surface area contributed by atoms with Gasteiger partial charge in [0.05, 0.1) is 0 Å². The maximum absolute atomic E-state index is 11.3. The third-order valence-corrected chi connectivity index (χ3v) is 2.69. The van der Waals surface area contributed by atoms with Crippen LogP contribution in [0.25, 0.3) is 0 Å². The third-order valence-electron chi connectivity index (χ3n) is 1.90. The minimum Gasteiger partial charge on any atom is -0.507 e. The standard InChI is InChI=1S/C10H11NO6S/c1-18(16,17)5-9(13)11-6-2-3-8(12)7(4-6)10(14)15/h2-4,12H,5H2,1H3,(H,11,13)(H,14,15). The molecule has 0 bridgehead atoms. The summed E-state index contributed by atoms with van der Waals surface area (Å²) in [7, 11) is -3.46. The highest BCUT2D eigenvalue weighted by Crippen LogP contribution is 2.21. The van der Waals surface area contributed by atoms with Gasteiger partial charge in [-0.2, -0.15) is 0 Å². The van der Waals surface area contributed by atoms with Crippen LogP contribution in [0, 0.1) is 0 Å². The van der Waals surface area contributed by atoms with Gasteiger partial charge in [-0.05, 0) is 18.2 Å². The lowest BCUT2D eigenvalue weighted by atomic mass is 10.2. The molecule has 1 aromatic carbocycles. The molecule has 0 spiro atoms. The van der Waals surface area contributed by atoms with Gasteiger partial charge in [0.1, 0.15) is 17.1 Å². The number of benzene rings is 1. The summed E-state index contributed by atoms with van der Waals surface area (Å²) in [6.07, 6.45) is 0.909. The molecule has 0 aliphatic rings. The predicted octanol–water partition coefficient (Wildman–Crippen LogP) is 0.0735. The van der Waals surface area contributed by atoms with Crippen molar-refractivity contribution in [1.29, 1.82) is 0 Å². The van der Waals surface area contributed by atoms with Gasteiger partial charge in [-0.25, -0.2) is 13.2 Å². The number of sulfone groups is 1. The molecule has 3 N–H and O–H groups in total. The molecule has 98 valence electrons. The van der Waals surface area contributed by atoms with Crippen LogP contribution in [-0.4, -0.2) is 42.5 Å². The number of rotatable bonds is 4. The molecule has 18 heavy (non-hydrogen) atoms. The number of amides is 1. The molecule has 0 aromatic heterocycles.